The van der Waals surface area contributed by atoms with Gasteiger partial charge in [-0.05, 0) is 19.3 Å². The summed E-state index contributed by atoms with van der Waals surface area (Å²) < 4.78 is 114. The molecule has 11 nitrogen and oxygen atoms in total. The number of carbonyl (C=O) groups excluding carboxylic acids is 1. The number of carbonyl (C=O) groups is 1. The monoisotopic (exact) mass is 575 g/mol. The van der Waals surface area contributed by atoms with Gasteiger partial charge in [0.2, 0.25) is 5.82 Å². The Morgan fingerprint density at radius 2 is 1.59 bits per heavy atom. The minimum Gasteiger partial charge on any atom is -0.364 e. The van der Waals surface area contributed by atoms with Gasteiger partial charge in [-0.2, -0.15) is 30.7 Å². The summed E-state index contributed by atoms with van der Waals surface area (Å²) in [6.07, 6.45) is -12.4. The van der Waals surface area contributed by atoms with Gasteiger partial charge in [-0.3, -0.25) is 37.6 Å². The van der Waals surface area contributed by atoms with Gasteiger partial charge in [0.25, 0.3) is 11.5 Å². The lowest BCUT2D eigenvalue weighted by Crippen LogP contribution is -2.43. The number of amides is 1. The molecule has 0 saturated carbocycles. The van der Waals surface area contributed by atoms with E-state index in [2.05, 4.69) is 9.05 Å². The Balaban J connectivity index is 2.92. The number of hydrogen-bond donors (Lipinski definition) is 2. The van der Waals surface area contributed by atoms with Gasteiger partial charge in [0, 0.05) is 0 Å². The molecule has 0 bridgehead atoms. The van der Waals surface area contributed by atoms with E-state index in [0.717, 1.165) is 6.92 Å². The zero-order valence-electron chi connectivity index (χ0n) is 19.7. The quantitative estimate of drug-likeness (QED) is 0.150. The highest BCUT2D eigenvalue weighted by Gasteiger charge is 2.39. The highest BCUT2D eigenvalue weighted by Crippen LogP contribution is 2.50. The Morgan fingerprint density at radius 1 is 1.05 bits per heavy atom. The van der Waals surface area contributed by atoms with Gasteiger partial charge in [-0.25, -0.2) is 10.3 Å². The molecule has 0 unspecified atom stereocenters. The summed E-state index contributed by atoms with van der Waals surface area (Å²) in [6, 6.07) is 0. The predicted octanol–water partition coefficient (Wildman–Crippen LogP) is 3.10. The molecule has 2 N–H and O–H groups in total. The van der Waals surface area contributed by atoms with E-state index in [9.17, 15) is 49.7 Å². The molecule has 19 heteroatoms. The maximum atomic E-state index is 14.4. The first kappa shape index (κ1) is 32.8. The second kappa shape index (κ2) is 13.5. The zero-order valence-corrected chi connectivity index (χ0v) is 20.6. The molecular formula is C18H25F7N3O8P. The van der Waals surface area contributed by atoms with Gasteiger partial charge in [-0.15, -0.1) is 0 Å². The Kier molecular flexibility index (Phi) is 12.0. The molecule has 1 heterocycles. The van der Waals surface area contributed by atoms with Crippen molar-refractivity contribution in [1.82, 2.24) is 15.0 Å². The Hall–Kier alpha value is -2.27. The van der Waals surface area contributed by atoms with Crippen molar-refractivity contribution in [2.75, 3.05) is 26.2 Å². The molecule has 1 aromatic rings. The van der Waals surface area contributed by atoms with Crippen molar-refractivity contribution < 1.29 is 58.7 Å². The van der Waals surface area contributed by atoms with Crippen molar-refractivity contribution in [3.8, 4) is 0 Å². The summed E-state index contributed by atoms with van der Waals surface area (Å²) in [6.45, 7) is -0.358. The van der Waals surface area contributed by atoms with Crippen LogP contribution in [0, 0.1) is 11.7 Å². The van der Waals surface area contributed by atoms with E-state index < -0.39 is 80.8 Å². The van der Waals surface area contributed by atoms with Crippen LogP contribution in [0.5, 0.6) is 0 Å². The summed E-state index contributed by atoms with van der Waals surface area (Å²) >= 11 is 0. The number of nitrogens with one attached hydrogen (secondary N) is 2. The topological polar surface area (TPSA) is 138 Å². The van der Waals surface area contributed by atoms with E-state index in [-0.39, 0.29) is 17.1 Å². The first-order valence-corrected chi connectivity index (χ1v) is 12.1. The number of alkyl halides is 6. The van der Waals surface area contributed by atoms with Gasteiger partial charge in [0.1, 0.15) is 6.35 Å². The van der Waals surface area contributed by atoms with E-state index in [4.69, 9.17) is 9.57 Å². The molecule has 0 spiro atoms. The largest absolute Gasteiger partial charge is 0.412 e. The molecule has 214 valence electrons. The molecule has 0 aliphatic carbocycles. The standard InChI is InChI=1S/C18H25F7N3O8P/c1-10(2)4-5-34-27-14(29)13-12(19)15(30)28(16(31)26-13)6-11(3)33-9-37(32,35-7-17(20,21)22)36-8-18(23,24)25/h10-11H,4-9H2,1-3H3,(H,26,31)(H,27,29)/t11-/m1/s1. The van der Waals surface area contributed by atoms with E-state index in [1.807, 2.05) is 24.3 Å². The zero-order chi connectivity index (χ0) is 28.6. The molecule has 0 aliphatic rings. The predicted molar refractivity (Wildman–Crippen MR) is 111 cm³/mol. The van der Waals surface area contributed by atoms with Crippen molar-refractivity contribution in [3.63, 3.8) is 0 Å². The lowest BCUT2D eigenvalue weighted by molar-refractivity contribution is -0.166. The second-order valence-corrected chi connectivity index (χ2v) is 9.99. The highest BCUT2D eigenvalue weighted by atomic mass is 31.2. The van der Waals surface area contributed by atoms with Crippen LogP contribution in [0.2, 0.25) is 0 Å². The van der Waals surface area contributed by atoms with Gasteiger partial charge >= 0.3 is 25.6 Å². The van der Waals surface area contributed by atoms with Crippen molar-refractivity contribution >= 4 is 13.5 Å². The normalized spacial score (nSPS) is 13.7. The van der Waals surface area contributed by atoms with Gasteiger partial charge in [0.15, 0.2) is 18.9 Å². The summed E-state index contributed by atoms with van der Waals surface area (Å²) in [5, 5.41) is 0. The molecule has 1 amide bonds. The second-order valence-electron chi connectivity index (χ2n) is 7.99. The van der Waals surface area contributed by atoms with E-state index in [0.29, 0.717) is 6.42 Å². The van der Waals surface area contributed by atoms with Crippen molar-refractivity contribution in [1.29, 1.82) is 0 Å². The maximum absolute atomic E-state index is 14.4. The van der Waals surface area contributed by atoms with Crippen molar-refractivity contribution in [3.05, 3.63) is 32.3 Å². The van der Waals surface area contributed by atoms with E-state index in [1.54, 1.807) is 0 Å². The fourth-order valence-corrected chi connectivity index (χ4v) is 3.66. The molecule has 0 aromatic carbocycles. The number of aromatic amines is 1. The molecule has 37 heavy (non-hydrogen) atoms. The van der Waals surface area contributed by atoms with Crippen LogP contribution in [0.4, 0.5) is 30.7 Å². The number of rotatable bonds is 14. The van der Waals surface area contributed by atoms with Crippen LogP contribution in [0.25, 0.3) is 0 Å². The van der Waals surface area contributed by atoms with Crippen molar-refractivity contribution in [2.24, 2.45) is 5.92 Å². The van der Waals surface area contributed by atoms with Crippen LogP contribution in [0.3, 0.4) is 0 Å². The SMILES string of the molecule is CC(C)CCONC(=O)c1[nH]c(=O)n(C[C@@H](C)OCP(=O)(OCC(F)(F)F)OCC(F)(F)F)c(=O)c1F. The number of aromatic nitrogens is 2. The number of hydrogen-bond acceptors (Lipinski definition) is 8. The number of nitrogens with zero attached hydrogens (tertiary/aromatic N) is 1. The number of halogens is 7. The fourth-order valence-electron chi connectivity index (χ4n) is 2.31. The van der Waals surface area contributed by atoms with Crippen LogP contribution in [0.1, 0.15) is 37.7 Å². The fraction of sp³-hybridized carbons (Fsp3) is 0.722. The van der Waals surface area contributed by atoms with Crippen LogP contribution in [-0.2, 0) is 29.7 Å². The minimum atomic E-state index is -5.12. The molecule has 0 fully saturated rings. The van der Waals surface area contributed by atoms with Gasteiger partial charge in [0.05, 0.1) is 19.3 Å². The third kappa shape index (κ3) is 12.2. The highest BCUT2D eigenvalue weighted by molar-refractivity contribution is 7.53. The first-order chi connectivity index (χ1) is 16.8. The van der Waals surface area contributed by atoms with E-state index >= 15 is 0 Å². The summed E-state index contributed by atoms with van der Waals surface area (Å²) in [7, 11) is -5.12. The van der Waals surface area contributed by atoms with Crippen molar-refractivity contribution in [2.45, 2.75) is 52.2 Å². The summed E-state index contributed by atoms with van der Waals surface area (Å²) in [5.74, 6) is -2.73. The molecule has 1 aromatic heterocycles. The smallest absolute Gasteiger partial charge is 0.364 e. The van der Waals surface area contributed by atoms with Crippen LogP contribution in [-0.4, -0.2) is 60.1 Å². The molecular weight excluding hydrogens is 550 g/mol. The van der Waals surface area contributed by atoms with Gasteiger partial charge < -0.3 is 4.74 Å². The lowest BCUT2D eigenvalue weighted by atomic mass is 10.1. The third-order valence-corrected chi connectivity index (χ3v) is 5.64. The van der Waals surface area contributed by atoms with Crippen LogP contribution in [0.15, 0.2) is 9.59 Å². The molecule has 1 atom stereocenters. The Morgan fingerprint density at radius 3 is 2.08 bits per heavy atom. The average molecular weight is 575 g/mol. The molecule has 1 rings (SSSR count). The minimum absolute atomic E-state index is 0.0599. The Bertz CT molecular complexity index is 1050. The Labute approximate surface area is 204 Å². The average Bonchev–Trinajstić information content (AvgIpc) is 2.77. The first-order valence-electron chi connectivity index (χ1n) is 10.4. The molecule has 0 aliphatic heterocycles. The molecule has 0 radical (unpaired) electrons. The molecule has 0 saturated heterocycles. The number of ether oxygens (including phenoxy) is 1. The lowest BCUT2D eigenvalue weighted by Gasteiger charge is -2.22. The number of hydroxylamine groups is 1. The number of H-pyrrole nitrogens is 1. The third-order valence-electron chi connectivity index (χ3n) is 4.13. The van der Waals surface area contributed by atoms with Crippen LogP contribution >= 0.6 is 7.60 Å². The maximum Gasteiger partial charge on any atom is 0.412 e. The summed E-state index contributed by atoms with van der Waals surface area (Å²) in [5.41, 5.74) is -2.10. The van der Waals surface area contributed by atoms with E-state index in [1.165, 1.54) is 0 Å². The van der Waals surface area contributed by atoms with Crippen LogP contribution < -0.4 is 16.7 Å². The van der Waals surface area contributed by atoms with Gasteiger partial charge in [-0.1, -0.05) is 13.8 Å². The summed E-state index contributed by atoms with van der Waals surface area (Å²) in [4.78, 5) is 43.1.